The van der Waals surface area contributed by atoms with Crippen LogP contribution in [0.4, 0.5) is 0 Å². The summed E-state index contributed by atoms with van der Waals surface area (Å²) in [5, 5.41) is 12.1. The van der Waals surface area contributed by atoms with E-state index in [0.717, 1.165) is 49.7 Å². The summed E-state index contributed by atoms with van der Waals surface area (Å²) in [6.45, 7) is 6.96. The summed E-state index contributed by atoms with van der Waals surface area (Å²) in [5.41, 5.74) is 2.38. The summed E-state index contributed by atoms with van der Waals surface area (Å²) >= 11 is 6.15. The van der Waals surface area contributed by atoms with Crippen LogP contribution >= 0.6 is 11.6 Å². The van der Waals surface area contributed by atoms with E-state index in [2.05, 4.69) is 31.0 Å². The topological polar surface area (TPSA) is 99.1 Å². The Bertz CT molecular complexity index is 1300. The van der Waals surface area contributed by atoms with Gasteiger partial charge in [0.25, 0.3) is 11.8 Å². The van der Waals surface area contributed by atoms with E-state index < -0.39 is 11.6 Å². The lowest BCUT2D eigenvalue weighted by atomic mass is 9.69. The van der Waals surface area contributed by atoms with Crippen LogP contribution in [-0.4, -0.2) is 45.7 Å². The minimum absolute atomic E-state index is 0.0380. The van der Waals surface area contributed by atoms with Crippen LogP contribution in [0.5, 0.6) is 0 Å². The highest BCUT2D eigenvalue weighted by atomic mass is 35.5. The molecule has 3 aliphatic rings. The van der Waals surface area contributed by atoms with E-state index in [1.807, 2.05) is 24.3 Å². The lowest BCUT2D eigenvalue weighted by Gasteiger charge is -2.47. The monoisotopic (exact) mass is 563 g/mol. The minimum Gasteiger partial charge on any atom is -0.481 e. The summed E-state index contributed by atoms with van der Waals surface area (Å²) in [4.78, 5) is 44.9. The second-order valence-electron chi connectivity index (χ2n) is 12.6. The number of nitrogens with zero attached hydrogens (tertiary/aromatic N) is 2. The maximum Gasteiger partial charge on any atom is 0.305 e. The third kappa shape index (κ3) is 5.80. The zero-order valence-corrected chi connectivity index (χ0v) is 24.2. The Morgan fingerprint density at radius 1 is 1.05 bits per heavy atom. The molecule has 0 aromatic heterocycles. The van der Waals surface area contributed by atoms with Gasteiger partial charge in [-0.05, 0) is 85.6 Å². The Hall–Kier alpha value is -3.19. The van der Waals surface area contributed by atoms with Crippen molar-refractivity contribution in [1.82, 2.24) is 10.2 Å². The maximum absolute atomic E-state index is 14.3. The summed E-state index contributed by atoms with van der Waals surface area (Å²) in [6, 6.07) is 14.7. The third-order valence-corrected chi connectivity index (χ3v) is 9.06. The maximum atomic E-state index is 14.3. The normalized spacial score (nSPS) is 23.7. The van der Waals surface area contributed by atoms with Crippen LogP contribution < -0.4 is 5.32 Å². The molecule has 2 fully saturated rings. The van der Waals surface area contributed by atoms with Crippen LogP contribution in [0.25, 0.3) is 0 Å². The van der Waals surface area contributed by atoms with Gasteiger partial charge in [0.2, 0.25) is 0 Å². The van der Waals surface area contributed by atoms with E-state index in [1.54, 1.807) is 24.3 Å². The van der Waals surface area contributed by atoms with Gasteiger partial charge >= 0.3 is 5.97 Å². The third-order valence-electron chi connectivity index (χ3n) is 8.80. The molecule has 2 aromatic carbocycles. The number of aliphatic carboxylic acids is 1. The van der Waals surface area contributed by atoms with Crippen LogP contribution in [0, 0.1) is 17.3 Å². The number of benzene rings is 2. The van der Waals surface area contributed by atoms with E-state index >= 15 is 0 Å². The second kappa shape index (κ2) is 11.0. The van der Waals surface area contributed by atoms with Crippen LogP contribution in [0.3, 0.4) is 0 Å². The van der Waals surface area contributed by atoms with Crippen molar-refractivity contribution in [2.24, 2.45) is 22.2 Å². The zero-order chi connectivity index (χ0) is 28.7. The number of carboxylic acid groups (broad SMARTS) is 1. The highest BCUT2D eigenvalue weighted by Gasteiger charge is 2.55. The number of amides is 2. The smallest absolute Gasteiger partial charge is 0.305 e. The fourth-order valence-corrected chi connectivity index (χ4v) is 6.48. The fourth-order valence-electron chi connectivity index (χ4n) is 6.35. The molecule has 1 heterocycles. The van der Waals surface area contributed by atoms with Crippen molar-refractivity contribution in [3.63, 3.8) is 0 Å². The van der Waals surface area contributed by atoms with Gasteiger partial charge in [0.15, 0.2) is 0 Å². The summed E-state index contributed by atoms with van der Waals surface area (Å²) < 4.78 is 0. The van der Waals surface area contributed by atoms with Gasteiger partial charge in [-0.15, -0.1) is 0 Å². The van der Waals surface area contributed by atoms with Gasteiger partial charge in [-0.1, -0.05) is 56.6 Å². The quantitative estimate of drug-likeness (QED) is 0.396. The molecule has 8 heteroatoms. The number of halogens is 1. The summed E-state index contributed by atoms with van der Waals surface area (Å²) in [6.07, 6.45) is 5.63. The Morgan fingerprint density at radius 2 is 1.68 bits per heavy atom. The Labute approximate surface area is 241 Å². The Morgan fingerprint density at radius 3 is 2.23 bits per heavy atom. The van der Waals surface area contributed by atoms with Crippen LogP contribution in [-0.2, 0) is 9.59 Å². The predicted octanol–water partition coefficient (Wildman–Crippen LogP) is 6.26. The largest absolute Gasteiger partial charge is 0.481 e. The molecule has 0 bridgehead atoms. The van der Waals surface area contributed by atoms with Crippen molar-refractivity contribution < 1.29 is 19.5 Å². The SMILES string of the molecule is CC(C)(C)C1CCC2(CC1)N=C(c1ccc(Cl)cc1)C(=O)N2C(c1ccc(C(=O)NCCC(=O)O)cc1)C1CC1. The Kier molecular flexibility index (Phi) is 7.79. The number of aliphatic imine (C=N–C) groups is 1. The van der Waals surface area contributed by atoms with E-state index in [9.17, 15) is 14.4 Å². The number of hydrogen-bond donors (Lipinski definition) is 2. The average Bonchev–Trinajstić information content (AvgIpc) is 3.71. The van der Waals surface area contributed by atoms with Gasteiger partial charge in [-0.2, -0.15) is 0 Å². The number of rotatable bonds is 8. The van der Waals surface area contributed by atoms with Crippen LogP contribution in [0.2, 0.25) is 5.02 Å². The minimum atomic E-state index is -0.955. The molecule has 1 aliphatic heterocycles. The first-order valence-corrected chi connectivity index (χ1v) is 14.7. The molecule has 212 valence electrons. The standard InChI is InChI=1S/C32H38ClN3O4/c1-31(2,3)24-14-17-32(18-15-24)35-27(20-10-12-25(33)13-11-20)30(40)36(32)28(21-4-5-21)22-6-8-23(9-7-22)29(39)34-19-16-26(37)38/h6-13,21,24,28H,4-5,14-19H2,1-3H3,(H,34,39)(H,37,38). The van der Waals surface area contributed by atoms with E-state index in [1.165, 1.54) is 0 Å². The number of hydrogen-bond acceptors (Lipinski definition) is 4. The van der Waals surface area contributed by atoms with E-state index in [0.29, 0.717) is 28.1 Å². The van der Waals surface area contributed by atoms with Crippen LogP contribution in [0.15, 0.2) is 53.5 Å². The van der Waals surface area contributed by atoms with Gasteiger partial charge in [0, 0.05) is 22.7 Å². The molecular formula is C32H38ClN3O4. The molecule has 2 saturated carbocycles. The number of carbonyl (C=O) groups is 3. The van der Waals surface area contributed by atoms with Crippen LogP contribution in [0.1, 0.15) is 93.2 Å². The number of carboxylic acids is 1. The molecular weight excluding hydrogens is 526 g/mol. The van der Waals surface area contributed by atoms with Crippen molar-refractivity contribution in [2.45, 2.75) is 77.4 Å². The van der Waals surface area contributed by atoms with Crippen molar-refractivity contribution in [1.29, 1.82) is 0 Å². The molecule has 0 radical (unpaired) electrons. The number of nitrogens with one attached hydrogen (secondary N) is 1. The molecule has 5 rings (SSSR count). The highest BCUT2D eigenvalue weighted by Crippen LogP contribution is 2.54. The lowest BCUT2D eigenvalue weighted by molar-refractivity contribution is -0.137. The van der Waals surface area contributed by atoms with Crippen molar-refractivity contribution >= 4 is 35.1 Å². The highest BCUT2D eigenvalue weighted by molar-refractivity contribution is 6.47. The van der Waals surface area contributed by atoms with Crippen molar-refractivity contribution in [3.05, 3.63) is 70.2 Å². The molecule has 1 unspecified atom stereocenters. The fraction of sp³-hybridized carbons (Fsp3) is 0.500. The van der Waals surface area contributed by atoms with E-state index in [4.69, 9.17) is 21.7 Å². The molecule has 2 N–H and O–H groups in total. The zero-order valence-electron chi connectivity index (χ0n) is 23.5. The van der Waals surface area contributed by atoms with Gasteiger partial charge in [-0.3, -0.25) is 19.4 Å². The molecule has 2 aromatic rings. The van der Waals surface area contributed by atoms with Gasteiger partial charge in [-0.25, -0.2) is 0 Å². The Balaban J connectivity index is 1.46. The van der Waals surface area contributed by atoms with Crippen molar-refractivity contribution in [2.75, 3.05) is 6.54 Å². The molecule has 1 atom stereocenters. The molecule has 7 nitrogen and oxygen atoms in total. The second-order valence-corrected chi connectivity index (χ2v) is 13.0. The van der Waals surface area contributed by atoms with Gasteiger partial charge in [0.05, 0.1) is 12.5 Å². The first-order chi connectivity index (χ1) is 19.0. The molecule has 40 heavy (non-hydrogen) atoms. The number of carbonyl (C=O) groups excluding carboxylic acids is 2. The van der Waals surface area contributed by atoms with Gasteiger partial charge in [0.1, 0.15) is 11.4 Å². The lowest BCUT2D eigenvalue weighted by Crippen LogP contribution is -2.52. The first-order valence-electron chi connectivity index (χ1n) is 14.3. The molecule has 0 saturated heterocycles. The molecule has 2 aliphatic carbocycles. The average molecular weight is 564 g/mol. The van der Waals surface area contributed by atoms with Gasteiger partial charge < -0.3 is 15.3 Å². The van der Waals surface area contributed by atoms with Crippen molar-refractivity contribution in [3.8, 4) is 0 Å². The van der Waals surface area contributed by atoms with E-state index in [-0.39, 0.29) is 36.2 Å². The predicted molar refractivity (Wildman–Crippen MR) is 155 cm³/mol. The molecule has 1 spiro atoms. The summed E-state index contributed by atoms with van der Waals surface area (Å²) in [7, 11) is 0. The molecule has 2 amide bonds. The first kappa shape index (κ1) is 28.3. The summed E-state index contributed by atoms with van der Waals surface area (Å²) in [5.74, 6) is -0.384.